The molecule has 1 unspecified atom stereocenters. The van der Waals surface area contributed by atoms with E-state index in [1.54, 1.807) is 101 Å². The number of aryl methyl sites for hydroxylation is 7. The first-order valence-electron chi connectivity index (χ1n) is 51.0. The summed E-state index contributed by atoms with van der Waals surface area (Å²) in [6.45, 7) is 25.7. The van der Waals surface area contributed by atoms with Crippen molar-refractivity contribution in [2.24, 2.45) is 51.9 Å². The fourth-order valence-electron chi connectivity index (χ4n) is 22.3. The van der Waals surface area contributed by atoms with Gasteiger partial charge in [-0.2, -0.15) is 34.2 Å². The molecule has 4 aromatic carbocycles. The number of Topliss-reactive ketones (excluding diaryl/α,β-unsaturated/α-hetero) is 4. The molecule has 33 heteroatoms. The number of benzene rings is 4. The number of methoxy groups -OCH3 is 2. The van der Waals surface area contributed by atoms with Crippen LogP contribution in [-0.2, 0) is 79.2 Å². The summed E-state index contributed by atoms with van der Waals surface area (Å²) in [4.78, 5) is 129. The predicted octanol–water partition coefficient (Wildman–Crippen LogP) is 21.9. The molecular formula is C117H129F7N16O10. The third kappa shape index (κ3) is 23.2. The third-order valence-corrected chi connectivity index (χ3v) is 31.3. The van der Waals surface area contributed by atoms with Crippen LogP contribution in [0.5, 0.6) is 11.5 Å². The second kappa shape index (κ2) is 45.0. The zero-order valence-electron chi connectivity index (χ0n) is 88.7. The van der Waals surface area contributed by atoms with Gasteiger partial charge in [0.25, 0.3) is 11.8 Å². The molecule has 12 aromatic rings. The van der Waals surface area contributed by atoms with Gasteiger partial charge in [0.2, 0.25) is 23.6 Å². The maximum Gasteiger partial charge on any atom is 0.417 e. The number of carbonyl (C=O) groups excluding carboxylic acids is 8. The first-order chi connectivity index (χ1) is 70.9. The van der Waals surface area contributed by atoms with Gasteiger partial charge in [0.15, 0.2) is 23.1 Å². The number of carbonyl (C=O) groups is 8. The third-order valence-electron chi connectivity index (χ3n) is 31.3. The summed E-state index contributed by atoms with van der Waals surface area (Å²) < 4.78 is 117. The average Bonchev–Trinajstić information content (AvgIpc) is 1.57. The fourth-order valence-corrected chi connectivity index (χ4v) is 22.3. The number of rotatable bonds is 24. The molecule has 5 aliphatic rings. The number of ketones is 4. The number of halogens is 7. The lowest BCUT2D eigenvalue weighted by Gasteiger charge is -2.41. The van der Waals surface area contributed by atoms with Gasteiger partial charge in [0, 0.05) is 223 Å². The average molecular weight is 2050 g/mol. The summed E-state index contributed by atoms with van der Waals surface area (Å²) in [7, 11) is 10.5. The van der Waals surface area contributed by atoms with Crippen molar-refractivity contribution in [3.63, 3.8) is 0 Å². The number of piperidine rings is 4. The van der Waals surface area contributed by atoms with Gasteiger partial charge in [-0.25, -0.2) is 37.5 Å². The quantitative estimate of drug-likeness (QED) is 0.0400. The summed E-state index contributed by atoms with van der Waals surface area (Å²) in [5.41, 5.74) is 14.2. The van der Waals surface area contributed by atoms with Gasteiger partial charge in [-0.05, 0) is 265 Å². The Balaban J connectivity index is 0.000000158. The van der Waals surface area contributed by atoms with Crippen LogP contribution in [0.15, 0.2) is 135 Å². The second-order valence-electron chi connectivity index (χ2n) is 42.2. The van der Waals surface area contributed by atoms with Crippen LogP contribution in [0.3, 0.4) is 0 Å². The minimum atomic E-state index is -4.71. The first-order valence-corrected chi connectivity index (χ1v) is 51.0. The molecule has 1 spiro atoms. The molecule has 4 amide bonds. The Hall–Kier alpha value is -14.7. The molecule has 4 aliphatic heterocycles. The summed E-state index contributed by atoms with van der Waals surface area (Å²) in [5.74, 6) is -9.20. The van der Waals surface area contributed by atoms with E-state index in [1.165, 1.54) is 57.9 Å². The fraction of sp³-hybridized carbons (Fsp3) is 0.453. The van der Waals surface area contributed by atoms with Crippen LogP contribution in [0, 0.1) is 89.8 Å². The molecule has 1 saturated carbocycles. The molecule has 1 aliphatic carbocycles. The van der Waals surface area contributed by atoms with E-state index in [1.807, 2.05) is 110 Å². The summed E-state index contributed by atoms with van der Waals surface area (Å²) in [6.07, 6.45) is 17.6. The van der Waals surface area contributed by atoms with Crippen molar-refractivity contribution in [2.45, 2.75) is 252 Å². The number of alkyl halides is 7. The Morgan fingerprint density at radius 3 is 1.04 bits per heavy atom. The number of ether oxygens (including phenoxy) is 2. The lowest BCUT2D eigenvalue weighted by molar-refractivity contribution is -0.151. The first kappa shape index (κ1) is 111. The molecule has 786 valence electrons. The molecule has 0 bridgehead atoms. The van der Waals surface area contributed by atoms with E-state index in [9.17, 15) is 84.9 Å². The van der Waals surface area contributed by atoms with E-state index in [2.05, 4.69) is 68.1 Å². The molecule has 12 heterocycles. The van der Waals surface area contributed by atoms with Gasteiger partial charge in [-0.1, -0.05) is 52.0 Å². The van der Waals surface area contributed by atoms with Gasteiger partial charge in [0.1, 0.15) is 46.2 Å². The van der Waals surface area contributed by atoms with E-state index in [-0.39, 0.29) is 129 Å². The van der Waals surface area contributed by atoms with Crippen molar-refractivity contribution in [1.29, 1.82) is 21.0 Å². The topological polar surface area (TPSA) is 334 Å². The molecule has 0 N–H and O–H groups in total. The van der Waals surface area contributed by atoms with Gasteiger partial charge in [0.05, 0.1) is 66.0 Å². The minimum absolute atomic E-state index is 0.0127. The molecule has 0 radical (unpaired) electrons. The van der Waals surface area contributed by atoms with E-state index >= 15 is 0 Å². The lowest BCUT2D eigenvalue weighted by Crippen LogP contribution is -2.49. The summed E-state index contributed by atoms with van der Waals surface area (Å²) in [5, 5.41) is 40.2. The van der Waals surface area contributed by atoms with Crippen LogP contribution in [0.25, 0.3) is 44.1 Å². The second-order valence-corrected chi connectivity index (χ2v) is 42.2. The SMILES string of the molecule is CC(C)C(=O)N1CC[C@@H](c2cn(C)c3ncc(CC(=O)c4cccc(C#N)c4)c(C(F)(F)F)c23)C[C@@H]1C.COc1ccc(C(=O)Cc2cnc3c(c([C@@H]4CCN(C(=O)[C@@H](C)C(C)(F)F)[C@@H](C)C4)cn3C)c2C)cc1C#N.COc1ccc(C(=O)Cc2cnc3c(c([C@@H]4CCN(C(=O)[C@H](C)C(C)(F)F)[C@@H](C)C4)cn3C)c2C)cc1C#N.Cc1c(CC(=O)c2cccc(C#N)c2)cnc2c1c(C1CCN(C(=O)C(C)C)C3(CC3)C1)cn2C. The molecule has 5 fully saturated rings. The van der Waals surface area contributed by atoms with E-state index < -0.39 is 59.4 Å². The van der Waals surface area contributed by atoms with Gasteiger partial charge < -0.3 is 47.3 Å². The zero-order chi connectivity index (χ0) is 109. The molecule has 26 nitrogen and oxygen atoms in total. The Morgan fingerprint density at radius 2 is 0.727 bits per heavy atom. The van der Waals surface area contributed by atoms with Crippen LogP contribution in [0.4, 0.5) is 30.7 Å². The van der Waals surface area contributed by atoms with Gasteiger partial charge in [-0.15, -0.1) is 0 Å². The van der Waals surface area contributed by atoms with Crippen molar-refractivity contribution in [3.05, 3.63) is 246 Å². The number of fused-ring (bicyclic) bond motifs is 4. The van der Waals surface area contributed by atoms with Crippen molar-refractivity contribution in [2.75, 3.05) is 40.4 Å². The highest BCUT2D eigenvalue weighted by molar-refractivity contribution is 6.02. The van der Waals surface area contributed by atoms with Crippen LogP contribution >= 0.6 is 0 Å². The smallest absolute Gasteiger partial charge is 0.417 e. The highest BCUT2D eigenvalue weighted by Gasteiger charge is 2.55. The number of nitriles is 4. The van der Waals surface area contributed by atoms with Crippen LogP contribution in [0.2, 0.25) is 0 Å². The normalized spacial score (nSPS) is 18.6. The molecule has 9 atom stereocenters. The largest absolute Gasteiger partial charge is 0.495 e. The van der Waals surface area contributed by atoms with E-state index in [0.29, 0.717) is 115 Å². The Labute approximate surface area is 869 Å². The molecule has 8 aromatic heterocycles. The number of hydrogen-bond donors (Lipinski definition) is 0. The molecule has 150 heavy (non-hydrogen) atoms. The van der Waals surface area contributed by atoms with Gasteiger partial charge >= 0.3 is 6.18 Å². The Bertz CT molecular complexity index is 7230. The molecule has 17 rings (SSSR count). The van der Waals surface area contributed by atoms with E-state index in [0.717, 1.165) is 130 Å². The number of hydrogen-bond acceptors (Lipinski definition) is 18. The standard InChI is InChI=1S/2C30H34F2N4O3.C29H32N4O2.C28H29F3N4O2/c2*1-17-11-20(9-10-36(17)29(38)19(3)30(4,31)32)24-16-35(5)28-27(24)18(2)23(15-34-28)13-25(37)21-7-8-26(39-6)22(12-21)14-33;1-18(2)28(35)33-11-8-22(14-29(33)9-10-29)24-17-32(4)27-26(24)19(3)23(16-31-27)13-25(34)21-7-5-6-20(12-21)15-30;1-16(2)27(37)35-9-8-19(10-17(35)3)22-15-34(4)26-24(22)25(28(29,30)31)21(14-33-26)12-23(36)20-7-5-6-18(11-20)13-32/h2*7-8,12,15-17,19-20H,9-11,13H2,1-6H3;5-7,12,16-18,22H,8-11,13-14H2,1-4H3;5-7,11,14-17,19H,8-10,12H2,1-4H3/t17-,19+,20+;17-,19-,20+;;17-,19+/m00.0/s1. The van der Waals surface area contributed by atoms with Crippen LogP contribution < -0.4 is 9.47 Å². The van der Waals surface area contributed by atoms with Crippen molar-refractivity contribution < 1.29 is 78.6 Å². The lowest BCUT2D eigenvalue weighted by atomic mass is 9.82. The maximum atomic E-state index is 14.6. The number of pyridine rings is 4. The molecule has 4 saturated heterocycles. The number of amides is 4. The number of likely N-dealkylation sites (tertiary alicyclic amines) is 4. The van der Waals surface area contributed by atoms with Crippen LogP contribution in [0.1, 0.15) is 294 Å². The number of aromatic nitrogens is 8. The highest BCUT2D eigenvalue weighted by atomic mass is 19.4. The van der Waals surface area contributed by atoms with Crippen molar-refractivity contribution in [1.82, 2.24) is 57.8 Å². The summed E-state index contributed by atoms with van der Waals surface area (Å²) >= 11 is 0. The zero-order valence-corrected chi connectivity index (χ0v) is 88.7. The Kier molecular flexibility index (Phi) is 33.3. The highest BCUT2D eigenvalue weighted by Crippen LogP contribution is 2.55. The monoisotopic (exact) mass is 2050 g/mol. The molecular weight excluding hydrogens is 1920 g/mol. The Morgan fingerprint density at radius 1 is 0.413 bits per heavy atom. The van der Waals surface area contributed by atoms with Crippen molar-refractivity contribution >= 4 is 90.9 Å². The van der Waals surface area contributed by atoms with Crippen molar-refractivity contribution in [3.8, 4) is 35.8 Å². The minimum Gasteiger partial charge on any atom is -0.495 e. The predicted molar refractivity (Wildman–Crippen MR) is 556 cm³/mol. The van der Waals surface area contributed by atoms with Crippen LogP contribution in [-0.4, -0.2) is 180 Å². The van der Waals surface area contributed by atoms with Gasteiger partial charge in [-0.3, -0.25) is 38.4 Å². The number of nitrogens with zero attached hydrogens (tertiary/aromatic N) is 16. The van der Waals surface area contributed by atoms with E-state index in [4.69, 9.17) is 19.7 Å². The maximum absolute atomic E-state index is 14.6. The summed E-state index contributed by atoms with van der Waals surface area (Å²) in [6, 6.07) is 30.1.